The number of aromatic nitrogens is 2. The second kappa shape index (κ2) is 4.34. The van der Waals surface area contributed by atoms with E-state index in [0.717, 1.165) is 27.6 Å². The molecule has 0 N–H and O–H groups in total. The van der Waals surface area contributed by atoms with Gasteiger partial charge >= 0.3 is 7.12 Å². The number of rotatable bonds is 1. The molecular weight excluding hydrogens is 275 g/mol. The van der Waals surface area contributed by atoms with Gasteiger partial charge in [-0.1, -0.05) is 18.2 Å². The van der Waals surface area contributed by atoms with Crippen LogP contribution in [0.25, 0.3) is 22.2 Å². The fourth-order valence-electron chi connectivity index (χ4n) is 2.98. The predicted octanol–water partition coefficient (Wildman–Crippen LogP) is 2.60. The molecule has 5 heteroatoms. The summed E-state index contributed by atoms with van der Waals surface area (Å²) < 4.78 is 12.5. The number of pyridine rings is 2. The minimum atomic E-state index is -0.404. The first-order valence-electron chi connectivity index (χ1n) is 7.54. The average molecular weight is 293 g/mol. The maximum atomic E-state index is 6.25. The molecule has 3 heterocycles. The van der Waals surface area contributed by atoms with Crippen LogP contribution in [0.15, 0.2) is 36.7 Å². The normalized spacial score (nSPS) is 20.1. The summed E-state index contributed by atoms with van der Waals surface area (Å²) in [5, 5.41) is 1.05. The van der Waals surface area contributed by atoms with Gasteiger partial charge in [-0.15, -0.1) is 5.69 Å². The molecule has 1 aromatic rings. The van der Waals surface area contributed by atoms with Crippen LogP contribution in [-0.2, 0) is 9.31 Å². The van der Waals surface area contributed by atoms with E-state index in [-0.39, 0.29) is 11.2 Å². The SMILES string of the molecule is CC1(C)OB(c2c3ccc[n-]c-3c3ncccc23)OC1(C)C. The predicted molar refractivity (Wildman–Crippen MR) is 87.4 cm³/mol. The fraction of sp³-hybridized carbons (Fsp3) is 0.353. The van der Waals surface area contributed by atoms with Crippen molar-refractivity contribution in [2.24, 2.45) is 0 Å². The van der Waals surface area contributed by atoms with Crippen molar-refractivity contribution in [3.63, 3.8) is 0 Å². The van der Waals surface area contributed by atoms with Crippen molar-refractivity contribution in [3.8, 4) is 11.3 Å². The standard InChI is InChI=1S/C17H18BN2O2/c1-16(2)17(3,4)22-18(21-16)13-11-7-5-9-19-14(11)15-12(13)8-6-10-20-15/h5-10H,1-4H3/q-1. The second-order valence-corrected chi connectivity index (χ2v) is 6.80. The smallest absolute Gasteiger partial charge is 0.496 e. The van der Waals surface area contributed by atoms with Crippen LogP contribution in [0, 0.1) is 0 Å². The third kappa shape index (κ3) is 1.76. The number of nitrogens with zero attached hydrogens (tertiary/aromatic N) is 2. The molecule has 2 aliphatic heterocycles. The van der Waals surface area contributed by atoms with Crippen molar-refractivity contribution in [2.75, 3.05) is 0 Å². The number of hydrogen-bond acceptors (Lipinski definition) is 3. The highest BCUT2D eigenvalue weighted by molar-refractivity contribution is 6.67. The quantitative estimate of drug-likeness (QED) is 0.647. The monoisotopic (exact) mass is 293 g/mol. The molecule has 0 saturated carbocycles. The maximum absolute atomic E-state index is 6.25. The minimum Gasteiger partial charge on any atom is -0.662 e. The summed E-state index contributed by atoms with van der Waals surface area (Å²) in [6.45, 7) is 8.27. The van der Waals surface area contributed by atoms with Crippen LogP contribution in [0.5, 0.6) is 0 Å². The molecule has 1 aromatic heterocycles. The third-order valence-corrected chi connectivity index (χ3v) is 4.91. The molecule has 22 heavy (non-hydrogen) atoms. The van der Waals surface area contributed by atoms with Crippen molar-refractivity contribution in [3.05, 3.63) is 36.7 Å². The summed E-state index contributed by atoms with van der Waals surface area (Å²) in [6.07, 6.45) is 3.59. The average Bonchev–Trinajstić information content (AvgIpc) is 2.90. The molecule has 112 valence electrons. The Morgan fingerprint density at radius 1 is 1.05 bits per heavy atom. The molecule has 0 radical (unpaired) electrons. The van der Waals surface area contributed by atoms with Crippen LogP contribution >= 0.6 is 0 Å². The van der Waals surface area contributed by atoms with Crippen LogP contribution in [0.2, 0.25) is 0 Å². The fourth-order valence-corrected chi connectivity index (χ4v) is 2.98. The minimum absolute atomic E-state index is 0.363. The van der Waals surface area contributed by atoms with Crippen LogP contribution in [0.1, 0.15) is 27.7 Å². The summed E-state index contributed by atoms with van der Waals surface area (Å²) in [7, 11) is -0.404. The Kier molecular flexibility index (Phi) is 2.72. The Balaban J connectivity index is 1.95. The number of fused-ring (bicyclic) bond motifs is 3. The lowest BCUT2D eigenvalue weighted by molar-refractivity contribution is 0.00578. The highest BCUT2D eigenvalue weighted by Gasteiger charge is 2.52. The molecule has 1 fully saturated rings. The first kappa shape index (κ1) is 13.8. The molecule has 3 aliphatic rings. The highest BCUT2D eigenvalue weighted by Crippen LogP contribution is 2.39. The van der Waals surface area contributed by atoms with Gasteiger partial charge in [0.25, 0.3) is 0 Å². The van der Waals surface area contributed by atoms with E-state index in [1.807, 2.05) is 12.1 Å². The van der Waals surface area contributed by atoms with Crippen molar-refractivity contribution in [1.29, 1.82) is 0 Å². The van der Waals surface area contributed by atoms with E-state index >= 15 is 0 Å². The van der Waals surface area contributed by atoms with Gasteiger partial charge in [-0.2, -0.15) is 6.20 Å². The Hall–Kier alpha value is -1.85. The molecule has 1 aliphatic carbocycles. The van der Waals surface area contributed by atoms with Crippen LogP contribution in [-0.4, -0.2) is 23.3 Å². The molecule has 0 atom stereocenters. The van der Waals surface area contributed by atoms with Gasteiger partial charge in [0, 0.05) is 6.20 Å². The van der Waals surface area contributed by atoms with Crippen molar-refractivity contribution < 1.29 is 9.31 Å². The first-order valence-corrected chi connectivity index (χ1v) is 7.54. The van der Waals surface area contributed by atoms with Crippen LogP contribution in [0.4, 0.5) is 0 Å². The Morgan fingerprint density at radius 2 is 1.77 bits per heavy atom. The van der Waals surface area contributed by atoms with Crippen molar-refractivity contribution in [1.82, 2.24) is 9.97 Å². The molecule has 0 bridgehead atoms. The zero-order chi connectivity index (χ0) is 15.5. The molecule has 0 unspecified atom stereocenters. The van der Waals surface area contributed by atoms with Crippen molar-refractivity contribution >= 4 is 23.5 Å². The summed E-state index contributed by atoms with van der Waals surface area (Å²) in [5.41, 5.74) is 3.17. The van der Waals surface area contributed by atoms with Gasteiger partial charge in [0.1, 0.15) is 0 Å². The molecule has 4 nitrogen and oxygen atoms in total. The lowest BCUT2D eigenvalue weighted by atomic mass is 9.76. The van der Waals surface area contributed by atoms with E-state index in [4.69, 9.17) is 9.31 Å². The van der Waals surface area contributed by atoms with E-state index in [9.17, 15) is 0 Å². The molecule has 1 saturated heterocycles. The summed E-state index contributed by atoms with van der Waals surface area (Å²) in [4.78, 5) is 9.00. The molecular formula is C17H18BN2O2-. The Labute approximate surface area is 130 Å². The maximum Gasteiger partial charge on any atom is 0.496 e. The summed E-state index contributed by atoms with van der Waals surface area (Å²) in [6, 6.07) is 8.00. The van der Waals surface area contributed by atoms with Gasteiger partial charge in [-0.3, -0.25) is 4.98 Å². The number of hydrogen-bond donors (Lipinski definition) is 0. The lowest BCUT2D eigenvalue weighted by Crippen LogP contribution is -2.41. The molecule has 0 spiro atoms. The van der Waals surface area contributed by atoms with Crippen LogP contribution in [0.3, 0.4) is 0 Å². The Bertz CT molecular complexity index is 809. The van der Waals surface area contributed by atoms with Crippen LogP contribution < -0.4 is 10.4 Å². The summed E-state index contributed by atoms with van der Waals surface area (Å²) >= 11 is 0. The van der Waals surface area contributed by atoms with Gasteiger partial charge < -0.3 is 14.3 Å². The Morgan fingerprint density at radius 3 is 2.50 bits per heavy atom. The lowest BCUT2D eigenvalue weighted by Gasteiger charge is -2.32. The van der Waals surface area contributed by atoms with E-state index in [2.05, 4.69) is 49.8 Å². The van der Waals surface area contributed by atoms with Gasteiger partial charge in [0.2, 0.25) is 0 Å². The zero-order valence-electron chi connectivity index (χ0n) is 13.3. The summed E-state index contributed by atoms with van der Waals surface area (Å²) in [5.74, 6) is 0. The molecule has 4 rings (SSSR count). The highest BCUT2D eigenvalue weighted by atomic mass is 16.7. The zero-order valence-corrected chi connectivity index (χ0v) is 13.3. The van der Waals surface area contributed by atoms with Gasteiger partial charge in [-0.25, -0.2) is 0 Å². The first-order chi connectivity index (χ1) is 10.4. The van der Waals surface area contributed by atoms with E-state index < -0.39 is 7.12 Å². The molecule has 0 aromatic carbocycles. The van der Waals surface area contributed by atoms with Gasteiger partial charge in [0.15, 0.2) is 0 Å². The third-order valence-electron chi connectivity index (χ3n) is 4.91. The largest absolute Gasteiger partial charge is 0.662 e. The van der Waals surface area contributed by atoms with Crippen molar-refractivity contribution in [2.45, 2.75) is 38.9 Å². The second-order valence-electron chi connectivity index (χ2n) is 6.80. The van der Waals surface area contributed by atoms with E-state index in [0.29, 0.717) is 0 Å². The van der Waals surface area contributed by atoms with E-state index in [1.165, 1.54) is 0 Å². The molecule has 0 amide bonds. The van der Waals surface area contributed by atoms with Gasteiger partial charge in [-0.05, 0) is 50.2 Å². The van der Waals surface area contributed by atoms with Gasteiger partial charge in [0.05, 0.1) is 16.7 Å². The van der Waals surface area contributed by atoms with E-state index in [1.54, 1.807) is 12.4 Å². The topological polar surface area (TPSA) is 45.5 Å².